The lowest BCUT2D eigenvalue weighted by Gasteiger charge is -2.05. The highest BCUT2D eigenvalue weighted by molar-refractivity contribution is 14.1. The standard InChI is InChI=1S/C21H15IN2O3/c1-26-17-4-2-3-14(11-17)21-24-18-12-16(9-10-19(18)27-21)23-20(25)13-5-7-15(22)8-6-13/h2-12H,1H3,(H,23,25). The molecule has 3 aromatic carbocycles. The van der Waals surface area contributed by atoms with Crippen LogP contribution in [0.5, 0.6) is 5.75 Å². The van der Waals surface area contributed by atoms with Crippen LogP contribution in [0.3, 0.4) is 0 Å². The molecule has 0 atom stereocenters. The summed E-state index contributed by atoms with van der Waals surface area (Å²) in [6.07, 6.45) is 0. The van der Waals surface area contributed by atoms with E-state index in [1.165, 1.54) is 0 Å². The third kappa shape index (κ3) is 3.80. The van der Waals surface area contributed by atoms with E-state index in [1.807, 2.05) is 36.4 Å². The fourth-order valence-electron chi connectivity index (χ4n) is 2.69. The zero-order valence-corrected chi connectivity index (χ0v) is 16.6. The smallest absolute Gasteiger partial charge is 0.255 e. The monoisotopic (exact) mass is 470 g/mol. The van der Waals surface area contributed by atoms with Crippen LogP contribution in [0.1, 0.15) is 10.4 Å². The van der Waals surface area contributed by atoms with Gasteiger partial charge >= 0.3 is 0 Å². The van der Waals surface area contributed by atoms with Gasteiger partial charge in [-0.15, -0.1) is 0 Å². The number of halogens is 1. The summed E-state index contributed by atoms with van der Waals surface area (Å²) >= 11 is 2.21. The van der Waals surface area contributed by atoms with Crippen molar-refractivity contribution in [3.8, 4) is 17.2 Å². The molecule has 0 radical (unpaired) electrons. The molecule has 0 fully saturated rings. The van der Waals surface area contributed by atoms with Gasteiger partial charge in [-0.25, -0.2) is 4.98 Å². The Balaban J connectivity index is 1.60. The maximum absolute atomic E-state index is 12.4. The molecule has 1 amide bonds. The van der Waals surface area contributed by atoms with Gasteiger partial charge in [0.15, 0.2) is 5.58 Å². The Bertz CT molecular complexity index is 1120. The molecule has 1 N–H and O–H groups in total. The van der Waals surface area contributed by atoms with E-state index in [0.29, 0.717) is 28.2 Å². The average molecular weight is 470 g/mol. The molecular formula is C21H15IN2O3. The molecule has 0 saturated carbocycles. The minimum absolute atomic E-state index is 0.165. The van der Waals surface area contributed by atoms with E-state index in [0.717, 1.165) is 14.9 Å². The van der Waals surface area contributed by atoms with Crippen molar-refractivity contribution in [1.29, 1.82) is 0 Å². The van der Waals surface area contributed by atoms with E-state index in [2.05, 4.69) is 32.9 Å². The Morgan fingerprint density at radius 2 is 1.89 bits per heavy atom. The maximum atomic E-state index is 12.4. The Morgan fingerprint density at radius 3 is 2.67 bits per heavy atom. The first kappa shape index (κ1) is 17.5. The van der Waals surface area contributed by atoms with Crippen LogP contribution in [-0.4, -0.2) is 18.0 Å². The summed E-state index contributed by atoms with van der Waals surface area (Å²) in [6, 6.07) is 20.3. The quantitative estimate of drug-likeness (QED) is 0.408. The minimum Gasteiger partial charge on any atom is -0.497 e. The van der Waals surface area contributed by atoms with Crippen LogP contribution in [0.2, 0.25) is 0 Å². The third-order valence-corrected chi connectivity index (χ3v) is 4.79. The van der Waals surface area contributed by atoms with Crippen molar-refractivity contribution in [3.63, 3.8) is 0 Å². The molecule has 0 bridgehead atoms. The zero-order valence-electron chi connectivity index (χ0n) is 14.4. The number of carbonyl (C=O) groups excluding carboxylic acids is 1. The molecule has 1 heterocycles. The first-order chi connectivity index (χ1) is 13.1. The van der Waals surface area contributed by atoms with Crippen LogP contribution in [0, 0.1) is 3.57 Å². The second-order valence-electron chi connectivity index (χ2n) is 5.89. The van der Waals surface area contributed by atoms with Crippen LogP contribution in [0.15, 0.2) is 71.1 Å². The van der Waals surface area contributed by atoms with E-state index < -0.39 is 0 Å². The molecule has 5 nitrogen and oxygen atoms in total. The predicted octanol–water partition coefficient (Wildman–Crippen LogP) is 5.36. The number of carbonyl (C=O) groups is 1. The van der Waals surface area contributed by atoms with Gasteiger partial charge in [0, 0.05) is 20.4 Å². The number of amides is 1. The lowest BCUT2D eigenvalue weighted by atomic mass is 10.2. The Kier molecular flexibility index (Phi) is 4.81. The number of benzene rings is 3. The topological polar surface area (TPSA) is 64.4 Å². The van der Waals surface area contributed by atoms with E-state index in [-0.39, 0.29) is 5.91 Å². The van der Waals surface area contributed by atoms with Gasteiger partial charge < -0.3 is 14.5 Å². The van der Waals surface area contributed by atoms with Gasteiger partial charge in [-0.1, -0.05) is 6.07 Å². The number of anilines is 1. The van der Waals surface area contributed by atoms with Crippen LogP contribution in [0.4, 0.5) is 5.69 Å². The van der Waals surface area contributed by atoms with Crippen molar-refractivity contribution in [2.75, 3.05) is 12.4 Å². The Labute approximate surface area is 169 Å². The summed E-state index contributed by atoms with van der Waals surface area (Å²) in [5.74, 6) is 1.08. The molecule has 0 spiro atoms. The average Bonchev–Trinajstić information content (AvgIpc) is 3.12. The van der Waals surface area contributed by atoms with Crippen molar-refractivity contribution in [1.82, 2.24) is 4.98 Å². The molecule has 4 rings (SSSR count). The van der Waals surface area contributed by atoms with Gasteiger partial charge in [-0.3, -0.25) is 4.79 Å². The van der Waals surface area contributed by atoms with Crippen molar-refractivity contribution in [2.24, 2.45) is 0 Å². The summed E-state index contributed by atoms with van der Waals surface area (Å²) in [4.78, 5) is 16.9. The maximum Gasteiger partial charge on any atom is 0.255 e. The summed E-state index contributed by atoms with van der Waals surface area (Å²) in [5.41, 5.74) is 3.42. The molecule has 0 aliphatic carbocycles. The van der Waals surface area contributed by atoms with E-state index >= 15 is 0 Å². The summed E-state index contributed by atoms with van der Waals surface area (Å²) in [6.45, 7) is 0. The molecule has 134 valence electrons. The highest BCUT2D eigenvalue weighted by Gasteiger charge is 2.11. The first-order valence-electron chi connectivity index (χ1n) is 8.24. The van der Waals surface area contributed by atoms with Gasteiger partial charge in [-0.2, -0.15) is 0 Å². The van der Waals surface area contributed by atoms with Crippen molar-refractivity contribution in [3.05, 3.63) is 75.9 Å². The Morgan fingerprint density at radius 1 is 1.07 bits per heavy atom. The molecule has 1 aromatic heterocycles. The molecule has 6 heteroatoms. The number of nitrogens with one attached hydrogen (secondary N) is 1. The molecular weight excluding hydrogens is 455 g/mol. The SMILES string of the molecule is COc1cccc(-c2nc3cc(NC(=O)c4ccc(I)cc4)ccc3o2)c1. The number of rotatable bonds is 4. The lowest BCUT2D eigenvalue weighted by Crippen LogP contribution is -2.11. The summed E-state index contributed by atoms with van der Waals surface area (Å²) in [5, 5.41) is 2.89. The van der Waals surface area contributed by atoms with Gasteiger partial charge in [0.25, 0.3) is 5.91 Å². The minimum atomic E-state index is -0.165. The highest BCUT2D eigenvalue weighted by Crippen LogP contribution is 2.28. The van der Waals surface area contributed by atoms with Gasteiger partial charge in [0.1, 0.15) is 11.3 Å². The van der Waals surface area contributed by atoms with Gasteiger partial charge in [0.2, 0.25) is 5.89 Å². The number of oxazole rings is 1. The normalized spacial score (nSPS) is 10.7. The van der Waals surface area contributed by atoms with Crippen LogP contribution >= 0.6 is 22.6 Å². The van der Waals surface area contributed by atoms with Gasteiger partial charge in [0.05, 0.1) is 7.11 Å². The van der Waals surface area contributed by atoms with Crippen LogP contribution in [0.25, 0.3) is 22.6 Å². The van der Waals surface area contributed by atoms with E-state index in [4.69, 9.17) is 9.15 Å². The van der Waals surface area contributed by atoms with Crippen LogP contribution < -0.4 is 10.1 Å². The van der Waals surface area contributed by atoms with E-state index in [9.17, 15) is 4.79 Å². The number of fused-ring (bicyclic) bond motifs is 1. The summed E-state index contributed by atoms with van der Waals surface area (Å²) < 4.78 is 12.2. The molecule has 0 aliphatic rings. The highest BCUT2D eigenvalue weighted by atomic mass is 127. The number of aromatic nitrogens is 1. The predicted molar refractivity (Wildman–Crippen MR) is 113 cm³/mol. The number of nitrogens with zero attached hydrogens (tertiary/aromatic N) is 1. The third-order valence-electron chi connectivity index (χ3n) is 4.07. The lowest BCUT2D eigenvalue weighted by molar-refractivity contribution is 0.102. The fourth-order valence-corrected chi connectivity index (χ4v) is 3.05. The van der Waals surface area contributed by atoms with E-state index in [1.54, 1.807) is 37.4 Å². The second-order valence-corrected chi connectivity index (χ2v) is 7.14. The van der Waals surface area contributed by atoms with Crippen molar-refractivity contribution < 1.29 is 13.9 Å². The number of hydrogen-bond acceptors (Lipinski definition) is 4. The number of hydrogen-bond donors (Lipinski definition) is 1. The second kappa shape index (κ2) is 7.40. The largest absolute Gasteiger partial charge is 0.497 e. The molecule has 27 heavy (non-hydrogen) atoms. The number of ether oxygens (including phenoxy) is 1. The fraction of sp³-hybridized carbons (Fsp3) is 0.0476. The molecule has 0 aliphatic heterocycles. The van der Waals surface area contributed by atoms with Crippen LogP contribution in [-0.2, 0) is 0 Å². The first-order valence-corrected chi connectivity index (χ1v) is 9.32. The van der Waals surface area contributed by atoms with Crippen molar-refractivity contribution in [2.45, 2.75) is 0 Å². The number of methoxy groups -OCH3 is 1. The molecule has 0 saturated heterocycles. The Hall–Kier alpha value is -2.87. The summed E-state index contributed by atoms with van der Waals surface area (Å²) in [7, 11) is 1.62. The molecule has 0 unspecified atom stereocenters. The molecule has 4 aromatic rings. The van der Waals surface area contributed by atoms with Crippen molar-refractivity contribution >= 4 is 45.3 Å². The van der Waals surface area contributed by atoms with Gasteiger partial charge in [-0.05, 0) is 83.3 Å². The zero-order chi connectivity index (χ0) is 18.8.